The molecule has 236 valence electrons. The SMILES string of the molecule is C[C@H](N)CCCc1cc(-c2cc3cn(-c4ccc([C@H](C)NCCCN=C(N)N)cc4)c(=O)nc3[nH]2)cc(S(=O)C(F)(F)F)c1. The molecule has 2 heterocycles. The second-order valence-electron chi connectivity index (χ2n) is 10.8. The lowest BCUT2D eigenvalue weighted by atomic mass is 10.0. The Hall–Kier alpha value is -4.01. The predicted molar refractivity (Wildman–Crippen MR) is 168 cm³/mol. The molecule has 0 saturated heterocycles. The Bertz CT molecular complexity index is 1690. The van der Waals surface area contributed by atoms with Gasteiger partial charge < -0.3 is 27.5 Å². The summed E-state index contributed by atoms with van der Waals surface area (Å²) >= 11 is 0. The van der Waals surface area contributed by atoms with E-state index in [2.05, 4.69) is 20.3 Å². The molecule has 10 nitrogen and oxygen atoms in total. The van der Waals surface area contributed by atoms with Crippen molar-refractivity contribution in [2.75, 3.05) is 13.1 Å². The van der Waals surface area contributed by atoms with E-state index in [-0.39, 0.29) is 28.6 Å². The fourth-order valence-corrected chi connectivity index (χ4v) is 5.57. The van der Waals surface area contributed by atoms with Gasteiger partial charge in [-0.25, -0.2) is 9.00 Å². The van der Waals surface area contributed by atoms with Crippen molar-refractivity contribution in [1.82, 2.24) is 19.9 Å². The number of nitrogens with two attached hydrogens (primary N) is 3. The molecule has 1 unspecified atom stereocenters. The lowest BCUT2D eigenvalue weighted by Gasteiger charge is -2.15. The van der Waals surface area contributed by atoms with Gasteiger partial charge in [-0.15, -0.1) is 0 Å². The third kappa shape index (κ3) is 8.55. The monoisotopic (exact) mass is 630 g/mol. The van der Waals surface area contributed by atoms with Crippen LogP contribution < -0.4 is 28.2 Å². The van der Waals surface area contributed by atoms with Crippen LogP contribution in [0.5, 0.6) is 0 Å². The van der Waals surface area contributed by atoms with E-state index in [4.69, 9.17) is 17.2 Å². The smallest absolute Gasteiger partial charge is 0.370 e. The average Bonchev–Trinajstić information content (AvgIpc) is 3.38. The second-order valence-corrected chi connectivity index (χ2v) is 12.2. The van der Waals surface area contributed by atoms with Gasteiger partial charge in [0.1, 0.15) is 5.65 Å². The van der Waals surface area contributed by atoms with Gasteiger partial charge in [-0.05, 0) is 99.2 Å². The highest BCUT2D eigenvalue weighted by molar-refractivity contribution is 7.86. The van der Waals surface area contributed by atoms with Crippen LogP contribution in [0.2, 0.25) is 0 Å². The van der Waals surface area contributed by atoms with Crippen LogP contribution >= 0.6 is 0 Å². The molecule has 0 spiro atoms. The van der Waals surface area contributed by atoms with Gasteiger partial charge in [0.15, 0.2) is 16.8 Å². The number of fused-ring (bicyclic) bond motifs is 1. The molecule has 14 heteroatoms. The van der Waals surface area contributed by atoms with Crippen LogP contribution in [0.25, 0.3) is 28.0 Å². The van der Waals surface area contributed by atoms with Crippen molar-refractivity contribution in [2.24, 2.45) is 22.2 Å². The highest BCUT2D eigenvalue weighted by Gasteiger charge is 2.38. The topological polar surface area (TPSA) is 170 Å². The number of aryl methyl sites for hydroxylation is 1. The number of hydrogen-bond acceptors (Lipinski definition) is 6. The second kappa shape index (κ2) is 14.2. The standard InChI is InChI=1S/C30H37F3N8O2S/c1-18(34)5-3-6-20-13-22(15-25(14-20)44(43)30(31,32)33)26-16-23-17-41(29(42)40-27(23)39-26)24-9-7-21(8-10-24)19(2)37-11-4-12-38-28(35)36/h7-10,13-19,37H,3-6,11-12,34H2,1-2H3,(H4,35,36,38)(H,39,40,42)/t18-,19-,44?/m0/s1. The zero-order valence-electron chi connectivity index (χ0n) is 24.5. The number of rotatable bonds is 13. The average molecular weight is 631 g/mol. The Morgan fingerprint density at radius 2 is 1.84 bits per heavy atom. The molecule has 0 fully saturated rings. The highest BCUT2D eigenvalue weighted by Crippen LogP contribution is 2.32. The summed E-state index contributed by atoms with van der Waals surface area (Å²) in [5, 5.41) is 3.99. The van der Waals surface area contributed by atoms with Gasteiger partial charge in [0.2, 0.25) is 0 Å². The number of halogens is 3. The van der Waals surface area contributed by atoms with Crippen LogP contribution in [0.3, 0.4) is 0 Å². The molecule has 4 aromatic rings. The third-order valence-electron chi connectivity index (χ3n) is 7.09. The normalized spacial score (nSPS) is 14.0. The molecule has 0 saturated carbocycles. The molecular weight excluding hydrogens is 593 g/mol. The van der Waals surface area contributed by atoms with Crippen molar-refractivity contribution in [3.05, 3.63) is 76.3 Å². The summed E-state index contributed by atoms with van der Waals surface area (Å²) in [5.41, 5.74) is 14.5. The van der Waals surface area contributed by atoms with Crippen LogP contribution in [-0.4, -0.2) is 49.3 Å². The largest absolute Gasteiger partial charge is 0.475 e. The first-order chi connectivity index (χ1) is 20.8. The number of aliphatic imine (C=N–C) groups is 1. The summed E-state index contributed by atoms with van der Waals surface area (Å²) in [6.45, 7) is 5.15. The number of hydrogen-bond donors (Lipinski definition) is 5. The quantitative estimate of drug-likeness (QED) is 0.0845. The Morgan fingerprint density at radius 1 is 1.11 bits per heavy atom. The Kier molecular flexibility index (Phi) is 10.6. The van der Waals surface area contributed by atoms with E-state index in [1.165, 1.54) is 16.7 Å². The molecular formula is C30H37F3N8O2S. The summed E-state index contributed by atoms with van der Waals surface area (Å²) in [4.78, 5) is 23.8. The van der Waals surface area contributed by atoms with E-state index in [1.807, 2.05) is 38.1 Å². The van der Waals surface area contributed by atoms with E-state index in [9.17, 15) is 22.2 Å². The minimum Gasteiger partial charge on any atom is -0.370 e. The number of benzene rings is 2. The fraction of sp³-hybridized carbons (Fsp3) is 0.367. The van der Waals surface area contributed by atoms with E-state index >= 15 is 0 Å². The molecule has 0 amide bonds. The van der Waals surface area contributed by atoms with E-state index in [0.717, 1.165) is 18.5 Å². The first-order valence-corrected chi connectivity index (χ1v) is 15.4. The maximum atomic E-state index is 13.4. The summed E-state index contributed by atoms with van der Waals surface area (Å²) in [7, 11) is -3.20. The van der Waals surface area contributed by atoms with Gasteiger partial charge in [0.05, 0.1) is 5.69 Å². The van der Waals surface area contributed by atoms with Gasteiger partial charge in [-0.2, -0.15) is 18.2 Å². The molecule has 0 aliphatic carbocycles. The van der Waals surface area contributed by atoms with Crippen LogP contribution in [0, 0.1) is 0 Å². The molecule has 2 aromatic heterocycles. The lowest BCUT2D eigenvalue weighted by Crippen LogP contribution is -2.24. The third-order valence-corrected chi connectivity index (χ3v) is 8.17. The predicted octanol–water partition coefficient (Wildman–Crippen LogP) is 3.99. The van der Waals surface area contributed by atoms with E-state index in [1.54, 1.807) is 18.3 Å². The Balaban J connectivity index is 1.59. The number of nitrogens with one attached hydrogen (secondary N) is 2. The molecule has 2 aromatic carbocycles. The van der Waals surface area contributed by atoms with Gasteiger partial charge in [-0.1, -0.05) is 12.1 Å². The van der Waals surface area contributed by atoms with Crippen LogP contribution in [0.15, 0.2) is 69.4 Å². The number of alkyl halides is 3. The zero-order valence-corrected chi connectivity index (χ0v) is 25.3. The van der Waals surface area contributed by atoms with Crippen molar-refractivity contribution in [2.45, 2.75) is 62.0 Å². The summed E-state index contributed by atoms with van der Waals surface area (Å²) in [6.07, 6.45) is 4.25. The van der Waals surface area contributed by atoms with Crippen LogP contribution in [0.4, 0.5) is 13.2 Å². The molecule has 3 atom stereocenters. The molecule has 0 radical (unpaired) electrons. The highest BCUT2D eigenvalue weighted by atomic mass is 32.2. The zero-order chi connectivity index (χ0) is 32.0. The molecule has 0 aliphatic rings. The van der Waals surface area contributed by atoms with Crippen molar-refractivity contribution < 1.29 is 17.4 Å². The van der Waals surface area contributed by atoms with Gasteiger partial charge in [-0.3, -0.25) is 9.56 Å². The van der Waals surface area contributed by atoms with E-state index in [0.29, 0.717) is 53.7 Å². The van der Waals surface area contributed by atoms with Crippen LogP contribution in [0.1, 0.15) is 50.3 Å². The van der Waals surface area contributed by atoms with Gasteiger partial charge in [0, 0.05) is 40.8 Å². The molecule has 4 rings (SSSR count). The van der Waals surface area contributed by atoms with E-state index < -0.39 is 22.0 Å². The molecule has 8 N–H and O–H groups in total. The summed E-state index contributed by atoms with van der Waals surface area (Å²) < 4.78 is 53.8. The minimum absolute atomic E-state index is 0.0427. The molecule has 0 bridgehead atoms. The number of aromatic nitrogens is 3. The Labute approximate surface area is 255 Å². The Morgan fingerprint density at radius 3 is 2.50 bits per heavy atom. The van der Waals surface area contributed by atoms with Crippen molar-refractivity contribution in [3.8, 4) is 16.9 Å². The number of guanidine groups is 1. The first-order valence-electron chi connectivity index (χ1n) is 14.2. The van der Waals surface area contributed by atoms with Crippen molar-refractivity contribution >= 4 is 27.8 Å². The maximum absolute atomic E-state index is 13.4. The van der Waals surface area contributed by atoms with Crippen LogP contribution in [-0.2, 0) is 17.2 Å². The minimum atomic E-state index is -4.90. The number of H-pyrrole nitrogens is 1. The molecule has 44 heavy (non-hydrogen) atoms. The van der Waals surface area contributed by atoms with Crippen molar-refractivity contribution in [1.29, 1.82) is 0 Å². The van der Waals surface area contributed by atoms with Crippen molar-refractivity contribution in [3.63, 3.8) is 0 Å². The fourth-order valence-electron chi connectivity index (χ4n) is 4.81. The van der Waals surface area contributed by atoms with Gasteiger partial charge >= 0.3 is 11.2 Å². The number of nitrogens with zero attached hydrogens (tertiary/aromatic N) is 3. The number of aromatic amines is 1. The summed E-state index contributed by atoms with van der Waals surface area (Å²) in [6, 6.07) is 13.5. The maximum Gasteiger partial charge on any atom is 0.475 e. The lowest BCUT2D eigenvalue weighted by molar-refractivity contribution is -0.0384. The summed E-state index contributed by atoms with van der Waals surface area (Å²) in [5.74, 6) is 0.0677. The molecule has 0 aliphatic heterocycles. The van der Waals surface area contributed by atoms with Gasteiger partial charge in [0.25, 0.3) is 0 Å². The first kappa shape index (κ1) is 32.9.